The summed E-state index contributed by atoms with van der Waals surface area (Å²) in [5, 5.41) is 12.9. The van der Waals surface area contributed by atoms with Crippen LogP contribution in [0.5, 0.6) is 0 Å². The Morgan fingerprint density at radius 2 is 1.56 bits per heavy atom. The van der Waals surface area contributed by atoms with Gasteiger partial charge in [0.2, 0.25) is 35.4 Å². The monoisotopic (exact) mass is 596 g/mol. The molecule has 0 aliphatic rings. The van der Waals surface area contributed by atoms with E-state index in [9.17, 15) is 28.8 Å². The lowest BCUT2D eigenvalue weighted by Crippen LogP contribution is -2.58. The van der Waals surface area contributed by atoms with Crippen molar-refractivity contribution in [1.82, 2.24) is 36.6 Å². The van der Waals surface area contributed by atoms with Crippen molar-refractivity contribution < 1.29 is 28.8 Å². The number of carbonyl (C=O) groups excluding carboxylic acids is 6. The minimum atomic E-state index is -1.12. The molecular weight excluding hydrogens is 552 g/mol. The first kappa shape index (κ1) is 35.4. The Labute approximate surface area is 244 Å². The van der Waals surface area contributed by atoms with E-state index >= 15 is 0 Å². The highest BCUT2D eigenvalue weighted by Gasteiger charge is 2.30. The Morgan fingerprint density at radius 1 is 0.927 bits per heavy atom. The summed E-state index contributed by atoms with van der Waals surface area (Å²) in [6.45, 7) is 8.11. The summed E-state index contributed by atoms with van der Waals surface area (Å²) in [6, 6.07) is -3.84. The van der Waals surface area contributed by atoms with E-state index in [-0.39, 0.29) is 30.6 Å². The highest BCUT2D eigenvalue weighted by Crippen LogP contribution is 2.09. The summed E-state index contributed by atoms with van der Waals surface area (Å²) in [7, 11) is 0. The number of nitrogens with two attached hydrogens (primary N) is 1. The zero-order valence-electron chi connectivity index (χ0n) is 24.5. The smallest absolute Gasteiger partial charge is 0.243 e. The van der Waals surface area contributed by atoms with Crippen molar-refractivity contribution in [3.63, 3.8) is 0 Å². The number of thioether (sulfide) groups is 1. The van der Waals surface area contributed by atoms with Gasteiger partial charge >= 0.3 is 0 Å². The molecule has 1 aromatic rings. The van der Waals surface area contributed by atoms with Crippen molar-refractivity contribution in [2.45, 2.75) is 78.0 Å². The molecule has 0 radical (unpaired) electrons. The van der Waals surface area contributed by atoms with Gasteiger partial charge in [0.05, 0.1) is 12.9 Å². The minimum Gasteiger partial charge on any atom is -0.368 e. The van der Waals surface area contributed by atoms with Gasteiger partial charge in [-0.25, -0.2) is 4.98 Å². The number of nitrogens with zero attached hydrogens (tertiary/aromatic N) is 1. The summed E-state index contributed by atoms with van der Waals surface area (Å²) < 4.78 is 0. The van der Waals surface area contributed by atoms with Crippen LogP contribution in [0.3, 0.4) is 0 Å². The molecule has 1 rings (SSSR count). The molecule has 1 aromatic heterocycles. The second-order valence-electron chi connectivity index (χ2n) is 10.5. The summed E-state index contributed by atoms with van der Waals surface area (Å²) in [5.74, 6) is -3.06. The average Bonchev–Trinajstić information content (AvgIpc) is 3.39. The summed E-state index contributed by atoms with van der Waals surface area (Å²) in [6.07, 6.45) is 5.43. The summed E-state index contributed by atoms with van der Waals surface area (Å²) in [5.41, 5.74) is 6.01. The number of carbonyl (C=O) groups is 6. The Morgan fingerprint density at radius 3 is 2.07 bits per heavy atom. The zero-order valence-corrected chi connectivity index (χ0v) is 25.4. The highest BCUT2D eigenvalue weighted by atomic mass is 32.2. The molecule has 0 bridgehead atoms. The molecule has 0 fully saturated rings. The minimum absolute atomic E-state index is 0.0117. The van der Waals surface area contributed by atoms with E-state index < -0.39 is 60.2 Å². The lowest BCUT2D eigenvalue weighted by Gasteiger charge is -2.26. The number of hydrogen-bond donors (Lipinski definition) is 7. The van der Waals surface area contributed by atoms with Crippen LogP contribution < -0.4 is 32.3 Å². The molecule has 0 saturated carbocycles. The summed E-state index contributed by atoms with van der Waals surface area (Å²) in [4.78, 5) is 81.9. The third kappa shape index (κ3) is 13.5. The van der Waals surface area contributed by atoms with Crippen molar-refractivity contribution >= 4 is 47.2 Å². The van der Waals surface area contributed by atoms with Crippen molar-refractivity contribution in [3.05, 3.63) is 18.2 Å². The van der Waals surface area contributed by atoms with E-state index in [0.29, 0.717) is 17.9 Å². The van der Waals surface area contributed by atoms with Crippen LogP contribution in [0.25, 0.3) is 0 Å². The molecule has 6 amide bonds. The molecule has 14 nitrogen and oxygen atoms in total. The van der Waals surface area contributed by atoms with Gasteiger partial charge in [-0.2, -0.15) is 11.8 Å². The van der Waals surface area contributed by atoms with Gasteiger partial charge in [0.25, 0.3) is 0 Å². The maximum Gasteiger partial charge on any atom is 0.243 e. The van der Waals surface area contributed by atoms with Crippen LogP contribution in [-0.4, -0.2) is 88.1 Å². The van der Waals surface area contributed by atoms with Crippen molar-refractivity contribution in [1.29, 1.82) is 0 Å². The highest BCUT2D eigenvalue weighted by molar-refractivity contribution is 7.98. The van der Waals surface area contributed by atoms with Gasteiger partial charge in [0, 0.05) is 25.2 Å². The number of nitrogens with one attached hydrogen (secondary N) is 6. The zero-order chi connectivity index (χ0) is 31.1. The lowest BCUT2D eigenvalue weighted by atomic mass is 10.0. The fraction of sp³-hybridized carbons (Fsp3) is 0.654. The molecule has 1 heterocycles. The molecule has 230 valence electrons. The van der Waals surface area contributed by atoms with Gasteiger partial charge < -0.3 is 37.3 Å². The van der Waals surface area contributed by atoms with Gasteiger partial charge in [0.1, 0.15) is 24.2 Å². The fourth-order valence-corrected chi connectivity index (χ4v) is 4.34. The van der Waals surface area contributed by atoms with Crippen LogP contribution in [0, 0.1) is 11.8 Å². The molecule has 41 heavy (non-hydrogen) atoms. The first-order chi connectivity index (χ1) is 19.2. The molecule has 0 spiro atoms. The number of H-pyrrole nitrogens is 1. The van der Waals surface area contributed by atoms with Crippen LogP contribution in [0.15, 0.2) is 12.5 Å². The second-order valence-corrected chi connectivity index (χ2v) is 11.5. The Balaban J connectivity index is 3.01. The first-order valence-corrected chi connectivity index (χ1v) is 14.8. The van der Waals surface area contributed by atoms with Crippen molar-refractivity contribution in [2.75, 3.05) is 18.6 Å². The predicted octanol–water partition coefficient (Wildman–Crippen LogP) is -1.03. The molecule has 0 unspecified atom stereocenters. The number of primary amides is 1. The predicted molar refractivity (Wildman–Crippen MR) is 155 cm³/mol. The normalized spacial score (nSPS) is 14.0. The van der Waals surface area contributed by atoms with Crippen LogP contribution in [0.4, 0.5) is 0 Å². The number of rotatable bonds is 18. The van der Waals surface area contributed by atoms with Gasteiger partial charge in [-0.05, 0) is 36.7 Å². The third-order valence-electron chi connectivity index (χ3n) is 5.97. The first-order valence-electron chi connectivity index (χ1n) is 13.4. The number of imidazole rings is 1. The standard InChI is InChI=1S/C26H44N8O6S/c1-14(2)9-19(24(38)33-18(23(27)37)7-8-41-6)34-25(39)20(10-17-11-28-13-30-17)32-21(36)12-29-26(40)22(15(3)4)31-16(5)35/h11,13-15,18-20,22H,7-10,12H2,1-6H3,(H2,27,37)(H,28,30)(H,29,40)(H,31,35)(H,32,36)(H,33,38)(H,34,39)/t18-,19-,20-,22-/m0/s1. The molecule has 0 saturated heterocycles. The Kier molecular flexibility index (Phi) is 15.5. The number of hydrogen-bond acceptors (Lipinski definition) is 8. The van der Waals surface area contributed by atoms with E-state index in [4.69, 9.17) is 5.73 Å². The van der Waals surface area contributed by atoms with Gasteiger partial charge in [-0.15, -0.1) is 0 Å². The molecule has 15 heteroatoms. The lowest BCUT2D eigenvalue weighted by molar-refractivity contribution is -0.134. The van der Waals surface area contributed by atoms with Crippen molar-refractivity contribution in [2.24, 2.45) is 17.6 Å². The van der Waals surface area contributed by atoms with Gasteiger partial charge in [0.15, 0.2) is 0 Å². The summed E-state index contributed by atoms with van der Waals surface area (Å²) >= 11 is 1.50. The van der Waals surface area contributed by atoms with E-state index in [1.54, 1.807) is 13.8 Å². The number of aromatic nitrogens is 2. The van der Waals surface area contributed by atoms with E-state index in [1.807, 2.05) is 20.1 Å². The Bertz CT molecular complexity index is 1030. The second kappa shape index (κ2) is 17.9. The maximum absolute atomic E-state index is 13.4. The van der Waals surface area contributed by atoms with Crippen molar-refractivity contribution in [3.8, 4) is 0 Å². The number of amides is 6. The van der Waals surface area contributed by atoms with Crippen LogP contribution >= 0.6 is 11.8 Å². The molecule has 0 aliphatic heterocycles. The van der Waals surface area contributed by atoms with Crippen LogP contribution in [-0.2, 0) is 35.2 Å². The van der Waals surface area contributed by atoms with E-state index in [2.05, 4.69) is 36.6 Å². The van der Waals surface area contributed by atoms with Gasteiger partial charge in [-0.1, -0.05) is 27.7 Å². The maximum atomic E-state index is 13.4. The van der Waals surface area contributed by atoms with E-state index in [1.165, 1.54) is 31.2 Å². The SMILES string of the molecule is CSCC[C@H](NC(=O)[C@H](CC(C)C)NC(=O)[C@H](Cc1cnc[nH]1)NC(=O)CNC(=O)[C@@H](NC(C)=O)C(C)C)C(N)=O. The van der Waals surface area contributed by atoms with Gasteiger partial charge in [-0.3, -0.25) is 28.8 Å². The quantitative estimate of drug-likeness (QED) is 0.111. The van der Waals surface area contributed by atoms with Crippen LogP contribution in [0.1, 0.15) is 53.2 Å². The molecule has 0 aromatic carbocycles. The van der Waals surface area contributed by atoms with Crippen LogP contribution in [0.2, 0.25) is 0 Å². The average molecular weight is 597 g/mol. The van der Waals surface area contributed by atoms with E-state index in [0.717, 1.165) is 0 Å². The molecule has 4 atom stereocenters. The molecular formula is C26H44N8O6S. The largest absolute Gasteiger partial charge is 0.368 e. The topological polar surface area (TPSA) is 217 Å². The third-order valence-corrected chi connectivity index (χ3v) is 6.62. The molecule has 0 aliphatic carbocycles. The molecule has 8 N–H and O–H groups in total. The Hall–Kier alpha value is -3.62. The number of aromatic amines is 1. The fourth-order valence-electron chi connectivity index (χ4n) is 3.87.